The second kappa shape index (κ2) is 12.3. The van der Waals surface area contributed by atoms with Gasteiger partial charge in [-0.1, -0.05) is 6.07 Å². The van der Waals surface area contributed by atoms with E-state index in [1.807, 2.05) is 0 Å². The number of benzene rings is 1. The van der Waals surface area contributed by atoms with Gasteiger partial charge >= 0.3 is 23.5 Å². The minimum atomic E-state index is -5.65. The van der Waals surface area contributed by atoms with Crippen molar-refractivity contribution in [3.05, 3.63) is 58.0 Å². The average Bonchev–Trinajstić information content (AvgIpc) is 3.52. The van der Waals surface area contributed by atoms with Gasteiger partial charge in [-0.05, 0) is 30.5 Å². The van der Waals surface area contributed by atoms with Gasteiger partial charge in [0.05, 0.1) is 23.0 Å². The van der Waals surface area contributed by atoms with E-state index in [1.54, 1.807) is 16.8 Å². The van der Waals surface area contributed by atoms with Crippen LogP contribution in [-0.4, -0.2) is 57.7 Å². The van der Waals surface area contributed by atoms with Crippen molar-refractivity contribution in [3.8, 4) is 0 Å². The first kappa shape index (κ1) is 32.0. The molecular weight excluding hydrogens is 629 g/mol. The summed E-state index contributed by atoms with van der Waals surface area (Å²) in [5, 5.41) is 14.4. The molecule has 0 saturated carbocycles. The molecule has 4 rings (SSSR count). The third kappa shape index (κ3) is 7.90. The number of nitro groups is 1. The normalized spacial score (nSPS) is 20.2. The van der Waals surface area contributed by atoms with Gasteiger partial charge < -0.3 is 39.9 Å². The Morgan fingerprint density at radius 2 is 1.88 bits per heavy atom. The lowest BCUT2D eigenvalue weighted by Gasteiger charge is -2.19. The van der Waals surface area contributed by atoms with Gasteiger partial charge in [0.2, 0.25) is 0 Å². The van der Waals surface area contributed by atoms with Gasteiger partial charge in [-0.15, -0.1) is 0 Å². The number of fused-ring (bicyclic) bond motifs is 1. The van der Waals surface area contributed by atoms with Crippen LogP contribution in [0.5, 0.6) is 0 Å². The maximum atomic E-state index is 12.9. The number of ether oxygens (including phenoxy) is 1. The number of amides is 1. The largest absolute Gasteiger partial charge is 0.490 e. The number of nitrogens with two attached hydrogens (primary N) is 1. The number of carbonyl (C=O) groups excluding carboxylic acids is 1. The molecule has 1 saturated heterocycles. The van der Waals surface area contributed by atoms with E-state index in [0.717, 1.165) is 6.33 Å². The Balaban J connectivity index is 1.43. The van der Waals surface area contributed by atoms with Crippen molar-refractivity contribution in [1.82, 2.24) is 14.5 Å². The molecule has 2 aromatic heterocycles. The lowest BCUT2D eigenvalue weighted by Crippen LogP contribution is -2.17. The van der Waals surface area contributed by atoms with Gasteiger partial charge in [-0.3, -0.25) is 19.4 Å². The Morgan fingerprint density at radius 3 is 2.55 bits per heavy atom. The number of hydrogen-bond acceptors (Lipinski definition) is 13. The predicted octanol–water partition coefficient (Wildman–Crippen LogP) is 2.07. The average molecular weight is 652 g/mol. The minimum Gasteiger partial charge on any atom is -0.352 e. The number of aromatic nitrogens is 3. The molecule has 4 atom stereocenters. The molecule has 3 aromatic rings. The molecule has 2 unspecified atom stereocenters. The summed E-state index contributed by atoms with van der Waals surface area (Å²) in [6.07, 6.45) is 1.85. The molecule has 1 aromatic carbocycles. The molecule has 20 nitrogen and oxygen atoms in total. The maximum Gasteiger partial charge on any atom is 0.490 e. The van der Waals surface area contributed by atoms with E-state index < -0.39 is 58.9 Å². The third-order valence-corrected chi connectivity index (χ3v) is 9.52. The van der Waals surface area contributed by atoms with E-state index in [9.17, 15) is 38.4 Å². The quantitative estimate of drug-likeness (QED) is 0.0926. The summed E-state index contributed by atoms with van der Waals surface area (Å²) >= 11 is 0. The highest BCUT2D eigenvalue weighted by molar-refractivity contribution is 7.66. The fraction of sp³-hybridized carbons (Fsp3) is 0.316. The van der Waals surface area contributed by atoms with Crippen molar-refractivity contribution in [2.24, 2.45) is 5.73 Å². The fourth-order valence-electron chi connectivity index (χ4n) is 4.02. The molecule has 42 heavy (non-hydrogen) atoms. The Labute approximate surface area is 235 Å². The number of hydrogen-bond donors (Lipinski definition) is 6. The molecular formula is C19H23N6O14P3. The first-order chi connectivity index (χ1) is 19.6. The Hall–Kier alpha value is -2.96. The zero-order chi connectivity index (χ0) is 30.9. The lowest BCUT2D eigenvalue weighted by atomic mass is 10.1. The predicted molar refractivity (Wildman–Crippen MR) is 139 cm³/mol. The molecule has 1 fully saturated rings. The Kier molecular flexibility index (Phi) is 9.39. The minimum absolute atomic E-state index is 0.0468. The summed E-state index contributed by atoms with van der Waals surface area (Å²) in [5.41, 5.74) is 5.68. The van der Waals surface area contributed by atoms with Gasteiger partial charge in [0.15, 0.2) is 0 Å². The summed E-state index contributed by atoms with van der Waals surface area (Å²) < 4.78 is 53.5. The van der Waals surface area contributed by atoms with E-state index in [2.05, 4.69) is 28.4 Å². The summed E-state index contributed by atoms with van der Waals surface area (Å²) in [5.74, 6) is -0.732. The van der Waals surface area contributed by atoms with Crippen LogP contribution < -0.4 is 11.1 Å². The van der Waals surface area contributed by atoms with E-state index in [1.165, 1.54) is 18.2 Å². The number of nitrogens with zero attached hydrogens (tertiary/aromatic N) is 4. The molecule has 0 bridgehead atoms. The van der Waals surface area contributed by atoms with Crippen LogP contribution in [0.15, 0.2) is 36.8 Å². The number of phosphoric ester groups is 1. The molecule has 3 heterocycles. The number of nitrogens with one attached hydrogen (secondary N) is 1. The highest BCUT2D eigenvalue weighted by Crippen LogP contribution is 2.66. The second-order valence-electron chi connectivity index (χ2n) is 8.63. The maximum absolute atomic E-state index is 12.9. The van der Waals surface area contributed by atoms with Crippen LogP contribution in [0.25, 0.3) is 11.0 Å². The molecule has 228 valence electrons. The fourth-order valence-corrected chi connectivity index (χ4v) is 7.07. The summed E-state index contributed by atoms with van der Waals surface area (Å²) in [7, 11) is -16.5. The van der Waals surface area contributed by atoms with Gasteiger partial charge in [0.1, 0.15) is 29.6 Å². The van der Waals surface area contributed by atoms with Crippen molar-refractivity contribution in [2.75, 3.05) is 11.9 Å². The van der Waals surface area contributed by atoms with Crippen molar-refractivity contribution in [2.45, 2.75) is 31.7 Å². The summed E-state index contributed by atoms with van der Waals surface area (Å²) in [4.78, 5) is 68.0. The van der Waals surface area contributed by atoms with Gasteiger partial charge in [-0.2, -0.15) is 8.62 Å². The Morgan fingerprint density at radius 1 is 1.14 bits per heavy atom. The van der Waals surface area contributed by atoms with Crippen LogP contribution in [0, 0.1) is 10.1 Å². The van der Waals surface area contributed by atoms with Crippen LogP contribution in [0.1, 0.15) is 35.0 Å². The number of rotatable bonds is 12. The third-order valence-electron chi connectivity index (χ3n) is 5.72. The summed E-state index contributed by atoms with van der Waals surface area (Å²) in [6.45, 7) is -0.567. The number of anilines is 1. The summed E-state index contributed by atoms with van der Waals surface area (Å²) in [6, 6.07) is 5.55. The zero-order valence-corrected chi connectivity index (χ0v) is 23.7. The monoisotopic (exact) mass is 652 g/mol. The molecule has 0 spiro atoms. The highest BCUT2D eigenvalue weighted by Gasteiger charge is 2.41. The highest BCUT2D eigenvalue weighted by atomic mass is 31.3. The van der Waals surface area contributed by atoms with Crippen LogP contribution in [0.2, 0.25) is 0 Å². The number of nitro benzene ring substituents is 1. The Bertz CT molecular complexity index is 1660. The van der Waals surface area contributed by atoms with Gasteiger partial charge in [-0.25, -0.2) is 23.7 Å². The van der Waals surface area contributed by atoms with E-state index in [4.69, 9.17) is 20.3 Å². The molecule has 0 radical (unpaired) electrons. The molecule has 1 aliphatic heterocycles. The van der Waals surface area contributed by atoms with Crippen LogP contribution in [0.4, 0.5) is 11.5 Å². The topological polar surface area (TPSA) is 298 Å². The molecule has 7 N–H and O–H groups in total. The van der Waals surface area contributed by atoms with Crippen molar-refractivity contribution >= 4 is 51.9 Å². The van der Waals surface area contributed by atoms with Crippen LogP contribution >= 0.6 is 23.5 Å². The van der Waals surface area contributed by atoms with E-state index in [-0.39, 0.29) is 24.3 Å². The standard InChI is InChI=1S/C19H23N6O14P3/c20-8-11-1-3-13(15(7-11)25(27)28)19(26)23-17-14-5-6-24(18(14)22-10-21-17)16-4-2-12(37-16)9-36-41(32,33)39-42(34,35)38-40(29,30)31/h1,3,5-7,10,12,16H,2,4,8-9,20H2,(H,32,33)(H,34,35)(H2,29,30,31)(H,21,22,23,26)/t12-,16+/m0/s1. The van der Waals surface area contributed by atoms with E-state index in [0.29, 0.717) is 23.0 Å². The molecule has 1 aliphatic rings. The SMILES string of the molecule is NCc1ccc(C(=O)Nc2ncnc3c2ccn3[C@H]2CC[C@@H](COP(=O)(O)OP(=O)(O)OP(=O)(O)O)O2)c([N+](=O)[O-])c1. The van der Waals surface area contributed by atoms with Crippen LogP contribution in [0.3, 0.4) is 0 Å². The van der Waals surface area contributed by atoms with Crippen molar-refractivity contribution in [3.63, 3.8) is 0 Å². The van der Waals surface area contributed by atoms with Crippen LogP contribution in [-0.2, 0) is 38.1 Å². The van der Waals surface area contributed by atoms with Gasteiger partial charge in [0, 0.05) is 18.8 Å². The second-order valence-corrected chi connectivity index (χ2v) is 13.0. The number of phosphoric acid groups is 3. The van der Waals surface area contributed by atoms with Crippen molar-refractivity contribution < 1.29 is 60.9 Å². The molecule has 23 heteroatoms. The first-order valence-corrected chi connectivity index (χ1v) is 16.1. The lowest BCUT2D eigenvalue weighted by molar-refractivity contribution is -0.385. The molecule has 0 aliphatic carbocycles. The van der Waals surface area contributed by atoms with Crippen molar-refractivity contribution in [1.29, 1.82) is 0 Å². The van der Waals surface area contributed by atoms with Gasteiger partial charge in [0.25, 0.3) is 11.6 Å². The zero-order valence-electron chi connectivity index (χ0n) is 21.0. The number of carbonyl (C=O) groups is 1. The first-order valence-electron chi connectivity index (χ1n) is 11.6. The smallest absolute Gasteiger partial charge is 0.352 e. The molecule has 1 amide bonds. The van der Waals surface area contributed by atoms with E-state index >= 15 is 0 Å².